The van der Waals surface area contributed by atoms with E-state index in [-0.39, 0.29) is 60.8 Å². The number of ether oxygens (including phenoxy) is 2. The number of carbonyl (C=O) groups is 2. The third-order valence-electron chi connectivity index (χ3n) is 4.99. The predicted octanol–water partition coefficient (Wildman–Crippen LogP) is 0.976. The van der Waals surface area contributed by atoms with Crippen LogP contribution in [0.2, 0.25) is 0 Å². The summed E-state index contributed by atoms with van der Waals surface area (Å²) < 4.78 is 44.6. The summed E-state index contributed by atoms with van der Waals surface area (Å²) in [5, 5.41) is -2.06. The van der Waals surface area contributed by atoms with E-state index in [1.165, 1.54) is 0 Å². The van der Waals surface area contributed by atoms with Crippen molar-refractivity contribution in [2.24, 2.45) is 11.8 Å². The van der Waals surface area contributed by atoms with Gasteiger partial charge in [-0.05, 0) is 24.7 Å². The maximum absolute atomic E-state index is 12.1. The summed E-state index contributed by atoms with van der Waals surface area (Å²) in [6.07, 6.45) is 6.58. The van der Waals surface area contributed by atoms with E-state index in [0.29, 0.717) is 0 Å². The molecular formula is C20H40NNaO7S. The van der Waals surface area contributed by atoms with E-state index in [1.54, 1.807) is 0 Å². The van der Waals surface area contributed by atoms with Gasteiger partial charge in [0.05, 0.1) is 19.6 Å². The van der Waals surface area contributed by atoms with E-state index < -0.39 is 33.7 Å². The van der Waals surface area contributed by atoms with Gasteiger partial charge in [-0.15, -0.1) is 0 Å². The van der Waals surface area contributed by atoms with Crippen LogP contribution in [0.1, 0.15) is 85.5 Å². The molecule has 0 aliphatic carbocycles. The van der Waals surface area contributed by atoms with Gasteiger partial charge in [-0.3, -0.25) is 9.59 Å². The van der Waals surface area contributed by atoms with E-state index >= 15 is 0 Å². The third-order valence-corrected chi connectivity index (χ3v) is 6.05. The molecule has 0 aromatic carbocycles. The molecule has 0 aromatic rings. The Balaban J connectivity index is -0.00000364. The fraction of sp³-hybridized carbons (Fsp3) is 0.900. The van der Waals surface area contributed by atoms with Crippen LogP contribution in [0.3, 0.4) is 0 Å². The SMILES string of the molecule is CCCCC(CC)COC(=O)CC(C(=O)OCC(CC)CCCC)S(=O)(=O)[O-].N.[Na+]. The minimum atomic E-state index is -5.01. The number of hydrogen-bond donors (Lipinski definition) is 1. The normalized spacial score (nSPS) is 13.9. The summed E-state index contributed by atoms with van der Waals surface area (Å²) in [6.45, 7) is 8.26. The van der Waals surface area contributed by atoms with Gasteiger partial charge in [0, 0.05) is 0 Å². The van der Waals surface area contributed by atoms with E-state index in [4.69, 9.17) is 9.47 Å². The molecule has 10 heteroatoms. The van der Waals surface area contributed by atoms with Crippen LogP contribution in [0.4, 0.5) is 0 Å². The zero-order chi connectivity index (χ0) is 21.6. The Hall–Kier alpha value is -0.190. The summed E-state index contributed by atoms with van der Waals surface area (Å²) in [5.74, 6) is -1.74. The van der Waals surface area contributed by atoms with Crippen molar-refractivity contribution in [2.75, 3.05) is 13.2 Å². The Kier molecular flexibility index (Phi) is 22.4. The zero-order valence-corrected chi connectivity index (χ0v) is 22.3. The van der Waals surface area contributed by atoms with Crippen molar-refractivity contribution in [3.8, 4) is 0 Å². The fourth-order valence-electron chi connectivity index (χ4n) is 2.81. The molecule has 0 aliphatic rings. The van der Waals surface area contributed by atoms with Crippen LogP contribution in [-0.4, -0.2) is 43.4 Å². The standard InChI is InChI=1S/C20H38O7S.H3N.Na/c1-5-9-11-16(7-3)14-26-19(21)13-18(28(23,24)25)20(22)27-15-17(8-4)12-10-6-2;;/h16-18H,5-15H2,1-4H3,(H,23,24,25);1H3;/q;;+1/p-1. The molecule has 0 fully saturated rings. The molecule has 174 valence electrons. The third kappa shape index (κ3) is 15.6. The van der Waals surface area contributed by atoms with Gasteiger partial charge in [-0.1, -0.05) is 66.2 Å². The monoisotopic (exact) mass is 461 g/mol. The number of hydrogen-bond acceptors (Lipinski definition) is 8. The van der Waals surface area contributed by atoms with E-state index in [9.17, 15) is 22.6 Å². The summed E-state index contributed by atoms with van der Waals surface area (Å²) >= 11 is 0. The average molecular weight is 462 g/mol. The van der Waals surface area contributed by atoms with Crippen LogP contribution in [-0.2, 0) is 29.2 Å². The van der Waals surface area contributed by atoms with Crippen LogP contribution in [0.25, 0.3) is 0 Å². The largest absolute Gasteiger partial charge is 1.00 e. The molecule has 3 unspecified atom stereocenters. The molecule has 0 aromatic heterocycles. The molecular weight excluding hydrogens is 421 g/mol. The molecule has 30 heavy (non-hydrogen) atoms. The number of unbranched alkanes of at least 4 members (excludes halogenated alkanes) is 2. The van der Waals surface area contributed by atoms with Gasteiger partial charge in [0.25, 0.3) is 0 Å². The zero-order valence-electron chi connectivity index (χ0n) is 19.5. The van der Waals surface area contributed by atoms with Crippen molar-refractivity contribution in [3.63, 3.8) is 0 Å². The number of esters is 2. The van der Waals surface area contributed by atoms with Gasteiger partial charge < -0.3 is 20.2 Å². The second-order valence-electron chi connectivity index (χ2n) is 7.33. The molecule has 3 atom stereocenters. The first-order valence-electron chi connectivity index (χ1n) is 10.5. The molecule has 0 bridgehead atoms. The second kappa shape index (κ2) is 19.5. The molecule has 3 N–H and O–H groups in total. The van der Waals surface area contributed by atoms with Crippen molar-refractivity contribution >= 4 is 22.1 Å². The van der Waals surface area contributed by atoms with Crippen molar-refractivity contribution in [1.29, 1.82) is 0 Å². The molecule has 8 nitrogen and oxygen atoms in total. The van der Waals surface area contributed by atoms with Crippen molar-refractivity contribution in [1.82, 2.24) is 6.15 Å². The fourth-order valence-corrected chi connectivity index (χ4v) is 3.46. The second-order valence-corrected chi connectivity index (χ2v) is 8.89. The topological polar surface area (TPSA) is 145 Å². The van der Waals surface area contributed by atoms with Crippen LogP contribution < -0.4 is 35.7 Å². The van der Waals surface area contributed by atoms with Crippen molar-refractivity contribution in [3.05, 3.63) is 0 Å². The Morgan fingerprint density at radius 2 is 1.30 bits per heavy atom. The van der Waals surface area contributed by atoms with Gasteiger partial charge in [-0.25, -0.2) is 8.42 Å². The first-order valence-corrected chi connectivity index (χ1v) is 11.9. The van der Waals surface area contributed by atoms with Crippen LogP contribution in [0, 0.1) is 11.8 Å². The average Bonchev–Trinajstić information content (AvgIpc) is 2.65. The molecule has 0 spiro atoms. The predicted molar refractivity (Wildman–Crippen MR) is 112 cm³/mol. The Bertz CT molecular complexity index is 557. The van der Waals surface area contributed by atoms with Crippen LogP contribution in [0.15, 0.2) is 0 Å². The van der Waals surface area contributed by atoms with Gasteiger partial charge >= 0.3 is 41.5 Å². The Labute approximate surface area is 204 Å². The van der Waals surface area contributed by atoms with E-state index in [1.807, 2.05) is 13.8 Å². The number of rotatable bonds is 16. The minimum absolute atomic E-state index is 0. The smallest absolute Gasteiger partial charge is 0.747 e. The first kappa shape index (κ1) is 34.4. The van der Waals surface area contributed by atoms with Crippen LogP contribution in [0.5, 0.6) is 0 Å². The van der Waals surface area contributed by atoms with Gasteiger partial charge in [0.1, 0.15) is 10.1 Å². The molecule has 0 saturated carbocycles. The van der Waals surface area contributed by atoms with E-state index in [0.717, 1.165) is 51.4 Å². The Morgan fingerprint density at radius 1 is 0.867 bits per heavy atom. The Morgan fingerprint density at radius 3 is 1.67 bits per heavy atom. The molecule has 0 saturated heterocycles. The molecule has 0 heterocycles. The molecule has 0 rings (SSSR count). The molecule has 0 amide bonds. The van der Waals surface area contributed by atoms with Crippen molar-refractivity contribution < 1.29 is 61.6 Å². The van der Waals surface area contributed by atoms with Crippen molar-refractivity contribution in [2.45, 2.75) is 90.7 Å². The summed E-state index contributed by atoms with van der Waals surface area (Å²) in [5.41, 5.74) is 0. The summed E-state index contributed by atoms with van der Waals surface area (Å²) in [4.78, 5) is 24.1. The maximum Gasteiger partial charge on any atom is 1.00 e. The van der Waals surface area contributed by atoms with Gasteiger partial charge in [0.2, 0.25) is 0 Å². The van der Waals surface area contributed by atoms with Crippen LogP contribution >= 0.6 is 0 Å². The molecule has 0 radical (unpaired) electrons. The quantitative estimate of drug-likeness (QED) is 0.203. The summed E-state index contributed by atoms with van der Waals surface area (Å²) in [7, 11) is -5.01. The molecule has 0 aliphatic heterocycles. The maximum atomic E-state index is 12.1. The first-order chi connectivity index (χ1) is 13.2. The minimum Gasteiger partial charge on any atom is -0.747 e. The number of carbonyl (C=O) groups excluding carboxylic acids is 2. The van der Waals surface area contributed by atoms with Gasteiger partial charge in [-0.2, -0.15) is 0 Å². The summed E-state index contributed by atoms with van der Waals surface area (Å²) in [6, 6.07) is 0. The van der Waals surface area contributed by atoms with Gasteiger partial charge in [0.15, 0.2) is 5.25 Å². The van der Waals surface area contributed by atoms with E-state index in [2.05, 4.69) is 13.8 Å².